The van der Waals surface area contributed by atoms with Crippen LogP contribution in [0.25, 0.3) is 16.8 Å². The van der Waals surface area contributed by atoms with Crippen molar-refractivity contribution in [2.24, 2.45) is 0 Å². The number of hydrogen-bond donors (Lipinski definition) is 0. The number of carbonyl (C=O) groups excluding carboxylic acids is 2. The molecule has 5 heterocycles. The van der Waals surface area contributed by atoms with Crippen LogP contribution in [0.2, 0.25) is 5.15 Å². The number of piperidine rings is 1. The Balaban J connectivity index is 1.48. The molecule has 0 aromatic carbocycles. The van der Waals surface area contributed by atoms with E-state index in [9.17, 15) is 27.2 Å². The molecule has 0 bridgehead atoms. The maximum absolute atomic E-state index is 14.9. The standard InChI is InChI=1S/C21H17ClF4N4O4/c22-17-16(19(31)28-3-1-15(14(23)9-28)29-4-6-34-20(29)32)27-18-13(21(24,25)26)7-12(8-30(17)18)11-2-5-33-10-11/h2,5,7-8,10,14-15H,1,3-4,6,9H2/t14-,15-/m1/s1. The van der Waals surface area contributed by atoms with Crippen molar-refractivity contribution in [1.82, 2.24) is 19.2 Å². The zero-order chi connectivity index (χ0) is 24.2. The van der Waals surface area contributed by atoms with Crippen molar-refractivity contribution in [2.75, 3.05) is 26.2 Å². The second-order valence-electron chi connectivity index (χ2n) is 8.03. The van der Waals surface area contributed by atoms with Gasteiger partial charge in [-0.15, -0.1) is 0 Å². The van der Waals surface area contributed by atoms with Crippen LogP contribution in [0.4, 0.5) is 22.4 Å². The lowest BCUT2D eigenvalue weighted by Crippen LogP contribution is -2.54. The maximum atomic E-state index is 14.9. The number of cyclic esters (lactones) is 1. The highest BCUT2D eigenvalue weighted by Crippen LogP contribution is 2.37. The lowest BCUT2D eigenvalue weighted by molar-refractivity contribution is -0.136. The minimum absolute atomic E-state index is 0.0737. The molecular weight excluding hydrogens is 484 g/mol. The molecule has 34 heavy (non-hydrogen) atoms. The molecule has 2 amide bonds. The fraction of sp³-hybridized carbons (Fsp3) is 0.381. The van der Waals surface area contributed by atoms with E-state index in [0.29, 0.717) is 5.56 Å². The summed E-state index contributed by atoms with van der Waals surface area (Å²) in [5.74, 6) is -0.795. The minimum Gasteiger partial charge on any atom is -0.472 e. The Morgan fingerprint density at radius 2 is 2.03 bits per heavy atom. The van der Waals surface area contributed by atoms with Gasteiger partial charge in [-0.3, -0.25) is 14.1 Å². The van der Waals surface area contributed by atoms with Crippen LogP contribution < -0.4 is 0 Å². The van der Waals surface area contributed by atoms with Gasteiger partial charge in [-0.2, -0.15) is 13.2 Å². The quantitative estimate of drug-likeness (QED) is 0.502. The number of rotatable bonds is 3. The highest BCUT2D eigenvalue weighted by Gasteiger charge is 2.41. The third-order valence-corrected chi connectivity index (χ3v) is 6.37. The lowest BCUT2D eigenvalue weighted by atomic mass is 10.0. The van der Waals surface area contributed by atoms with E-state index in [1.165, 1.54) is 29.7 Å². The Kier molecular flexibility index (Phi) is 5.42. The Labute approximate surface area is 194 Å². The molecule has 0 N–H and O–H groups in total. The minimum atomic E-state index is -4.78. The average molecular weight is 501 g/mol. The second kappa shape index (κ2) is 8.19. The summed E-state index contributed by atoms with van der Waals surface area (Å²) >= 11 is 6.31. The fourth-order valence-corrected chi connectivity index (χ4v) is 4.58. The molecule has 0 unspecified atom stereocenters. The number of aromatic nitrogens is 2. The first kappa shape index (κ1) is 22.5. The van der Waals surface area contributed by atoms with Crippen LogP contribution in [0.5, 0.6) is 0 Å². The van der Waals surface area contributed by atoms with E-state index in [1.54, 1.807) is 0 Å². The first-order valence-electron chi connectivity index (χ1n) is 10.3. The van der Waals surface area contributed by atoms with Gasteiger partial charge in [0.1, 0.15) is 17.9 Å². The number of alkyl halides is 4. The summed E-state index contributed by atoms with van der Waals surface area (Å²) in [5.41, 5.74) is -1.49. The van der Waals surface area contributed by atoms with Crippen molar-refractivity contribution in [3.8, 4) is 11.1 Å². The van der Waals surface area contributed by atoms with Crippen LogP contribution in [-0.4, -0.2) is 69.6 Å². The van der Waals surface area contributed by atoms with Gasteiger partial charge < -0.3 is 14.1 Å². The van der Waals surface area contributed by atoms with Gasteiger partial charge in [0.25, 0.3) is 5.91 Å². The van der Waals surface area contributed by atoms with E-state index < -0.39 is 47.3 Å². The predicted molar refractivity (Wildman–Crippen MR) is 110 cm³/mol. The molecule has 3 aromatic rings. The first-order chi connectivity index (χ1) is 16.1. The van der Waals surface area contributed by atoms with Crippen LogP contribution in [0.3, 0.4) is 0 Å². The SMILES string of the molecule is O=C(c1nc2c(C(F)(F)F)cc(-c3ccoc3)cn2c1Cl)N1CC[C@@H](N2CCOC2=O)[C@H](F)C1. The molecule has 8 nitrogen and oxygen atoms in total. The topological polar surface area (TPSA) is 80.3 Å². The smallest absolute Gasteiger partial charge is 0.420 e. The summed E-state index contributed by atoms with van der Waals surface area (Å²) in [6.45, 7) is 0.146. The number of hydrogen-bond acceptors (Lipinski definition) is 5. The van der Waals surface area contributed by atoms with Crippen molar-refractivity contribution in [1.29, 1.82) is 0 Å². The number of fused-ring (bicyclic) bond motifs is 1. The highest BCUT2D eigenvalue weighted by atomic mass is 35.5. The van der Waals surface area contributed by atoms with Crippen LogP contribution >= 0.6 is 11.6 Å². The molecule has 13 heteroatoms. The molecular formula is C21H17ClF4N4O4. The number of imidazole rings is 1. The Bertz CT molecular complexity index is 1260. The summed E-state index contributed by atoms with van der Waals surface area (Å²) < 4.78 is 67.1. The van der Waals surface area contributed by atoms with E-state index in [-0.39, 0.29) is 43.4 Å². The molecule has 5 rings (SSSR count). The first-order valence-corrected chi connectivity index (χ1v) is 10.7. The third kappa shape index (κ3) is 3.75. The van der Waals surface area contributed by atoms with Gasteiger partial charge in [0.15, 0.2) is 11.3 Å². The van der Waals surface area contributed by atoms with Gasteiger partial charge in [0.2, 0.25) is 0 Å². The number of ether oxygens (including phenoxy) is 1. The third-order valence-electron chi connectivity index (χ3n) is 6.01. The largest absolute Gasteiger partial charge is 0.472 e. The Morgan fingerprint density at radius 3 is 2.65 bits per heavy atom. The molecule has 3 aromatic heterocycles. The van der Waals surface area contributed by atoms with Gasteiger partial charge in [0, 0.05) is 23.9 Å². The number of likely N-dealkylation sites (tertiary alicyclic amines) is 1. The van der Waals surface area contributed by atoms with Gasteiger partial charge in [-0.25, -0.2) is 14.2 Å². The Hall–Kier alpha value is -3.28. The van der Waals surface area contributed by atoms with Gasteiger partial charge >= 0.3 is 12.3 Å². The summed E-state index contributed by atoms with van der Waals surface area (Å²) in [6, 6.07) is 1.64. The number of halogens is 5. The number of carbonyl (C=O) groups is 2. The monoisotopic (exact) mass is 500 g/mol. The Morgan fingerprint density at radius 1 is 1.24 bits per heavy atom. The maximum Gasteiger partial charge on any atom is 0.420 e. The summed E-state index contributed by atoms with van der Waals surface area (Å²) in [7, 11) is 0. The van der Waals surface area contributed by atoms with Crippen LogP contribution in [-0.2, 0) is 10.9 Å². The van der Waals surface area contributed by atoms with E-state index in [1.807, 2.05) is 0 Å². The van der Waals surface area contributed by atoms with E-state index >= 15 is 0 Å². The van der Waals surface area contributed by atoms with E-state index in [0.717, 1.165) is 15.4 Å². The molecule has 2 atom stereocenters. The van der Waals surface area contributed by atoms with Crippen molar-refractivity contribution < 1.29 is 36.3 Å². The molecule has 2 saturated heterocycles. The number of pyridine rings is 1. The van der Waals surface area contributed by atoms with Crippen molar-refractivity contribution in [3.05, 3.63) is 47.3 Å². The van der Waals surface area contributed by atoms with Crippen LogP contribution in [0, 0.1) is 0 Å². The highest BCUT2D eigenvalue weighted by molar-refractivity contribution is 6.33. The fourth-order valence-electron chi connectivity index (χ4n) is 4.33. The summed E-state index contributed by atoms with van der Waals surface area (Å²) in [4.78, 5) is 31.2. The van der Waals surface area contributed by atoms with Crippen molar-refractivity contribution in [2.45, 2.75) is 24.8 Å². The summed E-state index contributed by atoms with van der Waals surface area (Å²) in [6.07, 6.45) is -2.88. The van der Waals surface area contributed by atoms with Gasteiger partial charge in [-0.05, 0) is 18.6 Å². The lowest BCUT2D eigenvalue weighted by Gasteiger charge is -2.37. The number of nitrogens with zero attached hydrogens (tertiary/aromatic N) is 4. The van der Waals surface area contributed by atoms with E-state index in [2.05, 4.69) is 4.98 Å². The molecule has 2 aliphatic rings. The summed E-state index contributed by atoms with van der Waals surface area (Å²) in [5, 5.41) is -0.323. The number of furan rings is 1. The predicted octanol–water partition coefficient (Wildman–Crippen LogP) is 4.27. The molecule has 2 aliphatic heterocycles. The van der Waals surface area contributed by atoms with Crippen molar-refractivity contribution >= 4 is 29.2 Å². The second-order valence-corrected chi connectivity index (χ2v) is 8.39. The molecule has 2 fully saturated rings. The van der Waals surface area contributed by atoms with E-state index in [4.69, 9.17) is 20.8 Å². The molecule has 0 saturated carbocycles. The normalized spacial score (nSPS) is 21.4. The van der Waals surface area contributed by atoms with Gasteiger partial charge in [-0.1, -0.05) is 11.6 Å². The molecule has 180 valence electrons. The van der Waals surface area contributed by atoms with Crippen molar-refractivity contribution in [3.63, 3.8) is 0 Å². The van der Waals surface area contributed by atoms with Gasteiger partial charge in [0.05, 0.1) is 37.2 Å². The van der Waals surface area contributed by atoms with Crippen LogP contribution in [0.15, 0.2) is 35.3 Å². The molecule has 0 spiro atoms. The van der Waals surface area contributed by atoms with Crippen LogP contribution in [0.1, 0.15) is 22.5 Å². The zero-order valence-corrected chi connectivity index (χ0v) is 18.1. The average Bonchev–Trinajstić information content (AvgIpc) is 3.53. The molecule has 0 aliphatic carbocycles. The molecule has 0 radical (unpaired) electrons. The zero-order valence-electron chi connectivity index (χ0n) is 17.4. The number of amides is 2.